The summed E-state index contributed by atoms with van der Waals surface area (Å²) in [5.41, 5.74) is 3.29. The quantitative estimate of drug-likeness (QED) is 0.0936. The number of nitrogen functional groups attached to an aromatic ring is 1. The van der Waals surface area contributed by atoms with Gasteiger partial charge in [-0.25, -0.2) is 14.6 Å². The van der Waals surface area contributed by atoms with Crippen molar-refractivity contribution >= 4 is 87.8 Å². The maximum absolute atomic E-state index is 15.2. The number of benzene rings is 2. The van der Waals surface area contributed by atoms with Crippen LogP contribution in [0.1, 0.15) is 120 Å². The number of ether oxygens (including phenoxy) is 2. The Bertz CT molecular complexity index is 3420. The van der Waals surface area contributed by atoms with Crippen LogP contribution in [0.3, 0.4) is 0 Å². The number of amides is 10. The molecule has 0 radical (unpaired) electrons. The summed E-state index contributed by atoms with van der Waals surface area (Å²) in [6.07, 6.45) is -3.51. The van der Waals surface area contributed by atoms with Crippen molar-refractivity contribution in [1.29, 1.82) is 0 Å². The highest BCUT2D eigenvalue weighted by Crippen LogP contribution is 2.35. The first kappa shape index (κ1) is 68.7. The lowest BCUT2D eigenvalue weighted by Crippen LogP contribution is -2.62. The van der Waals surface area contributed by atoms with Gasteiger partial charge in [0.2, 0.25) is 52.7 Å². The number of anilines is 1. The third-order valence-electron chi connectivity index (χ3n) is 17.3. The predicted octanol–water partition coefficient (Wildman–Crippen LogP) is -0.550. The Morgan fingerprint density at radius 1 is 0.644 bits per heavy atom. The molecule has 0 spiro atoms. The number of carbonyl (C=O) groups excluding carboxylic acids is 12. The maximum Gasteiger partial charge on any atom is 0.329 e. The fourth-order valence-electron chi connectivity index (χ4n) is 12.2. The molecule has 6 aliphatic rings. The predicted molar refractivity (Wildman–Crippen MR) is 322 cm³/mol. The number of nitrogens with zero attached hydrogens (tertiary/aromatic N) is 7. The summed E-state index contributed by atoms with van der Waals surface area (Å²) in [6, 6.07) is -8.73. The highest BCUT2D eigenvalue weighted by Gasteiger charge is 2.47. The summed E-state index contributed by atoms with van der Waals surface area (Å²) in [5, 5.41) is 21.4. The van der Waals surface area contributed by atoms with E-state index in [0.717, 1.165) is 14.7 Å². The largest absolute Gasteiger partial charge is 0.458 e. The molecule has 29 nitrogen and oxygen atoms in total. The van der Waals surface area contributed by atoms with Gasteiger partial charge in [-0.2, -0.15) is 0 Å². The molecule has 0 unspecified atom stereocenters. The molecule has 7 rings (SSSR count). The van der Waals surface area contributed by atoms with E-state index in [2.05, 4.69) is 21.3 Å². The van der Waals surface area contributed by atoms with Crippen LogP contribution < -0.4 is 32.4 Å². The van der Waals surface area contributed by atoms with Gasteiger partial charge >= 0.3 is 11.9 Å². The average molecular weight is 1260 g/mol. The molecular formula is C61H84N12O17. The molecule has 29 heteroatoms. The average Bonchev–Trinajstić information content (AvgIpc) is 0.893. The number of likely N-dealkylation sites (N-methyl/N-ethyl adjacent to an activating group) is 4. The number of hydrogen-bond donors (Lipinski definition) is 6. The first-order chi connectivity index (χ1) is 42.1. The third-order valence-corrected chi connectivity index (χ3v) is 17.3. The van der Waals surface area contributed by atoms with E-state index in [1.54, 1.807) is 48.5 Å². The molecule has 10 amide bonds. The van der Waals surface area contributed by atoms with Crippen molar-refractivity contribution < 1.29 is 76.5 Å². The maximum atomic E-state index is 15.2. The lowest BCUT2D eigenvalue weighted by atomic mass is 9.98. The Kier molecular flexibility index (Phi) is 21.0. The number of cyclic esters (lactones) is 2. The van der Waals surface area contributed by atoms with Crippen LogP contribution in [0.4, 0.5) is 5.69 Å². The first-order valence-electron chi connectivity index (χ1n) is 30.2. The van der Waals surface area contributed by atoms with Crippen LogP contribution in [0.5, 0.6) is 0 Å². The van der Waals surface area contributed by atoms with E-state index in [1.807, 2.05) is 0 Å². The van der Waals surface area contributed by atoms with E-state index >= 15 is 9.59 Å². The van der Waals surface area contributed by atoms with Crippen LogP contribution in [-0.2, 0) is 57.4 Å². The van der Waals surface area contributed by atoms with E-state index in [0.29, 0.717) is 18.4 Å². The number of aryl methyl sites for hydroxylation is 1. The minimum atomic E-state index is -1.90. The van der Waals surface area contributed by atoms with Gasteiger partial charge in [0.05, 0.1) is 36.0 Å². The molecule has 5 aliphatic heterocycles. The molecule has 11 atom stereocenters. The van der Waals surface area contributed by atoms with Crippen LogP contribution in [-0.4, -0.2) is 232 Å². The number of aromatic nitrogens is 1. The van der Waals surface area contributed by atoms with Crippen molar-refractivity contribution in [1.82, 2.24) is 55.7 Å². The van der Waals surface area contributed by atoms with Gasteiger partial charge in [-0.05, 0) is 89.7 Å². The monoisotopic (exact) mass is 1260 g/mol. The van der Waals surface area contributed by atoms with Crippen LogP contribution in [0.25, 0.3) is 22.6 Å². The van der Waals surface area contributed by atoms with E-state index in [9.17, 15) is 57.8 Å². The normalized spacial score (nSPS) is 26.5. The number of aliphatic hydroxyl groups is 1. The fourth-order valence-corrected chi connectivity index (χ4v) is 12.2. The second-order valence-corrected chi connectivity index (χ2v) is 25.0. The van der Waals surface area contributed by atoms with Crippen LogP contribution in [0.15, 0.2) is 21.3 Å². The lowest BCUT2D eigenvalue weighted by molar-refractivity contribution is -0.163. The van der Waals surface area contributed by atoms with Crippen molar-refractivity contribution in [3.05, 3.63) is 44.6 Å². The number of rotatable bonds is 8. The summed E-state index contributed by atoms with van der Waals surface area (Å²) in [7, 11) is 5.49. The number of hydrogen-bond acceptors (Lipinski definition) is 19. The van der Waals surface area contributed by atoms with Crippen molar-refractivity contribution in [3.63, 3.8) is 0 Å². The first-order valence-corrected chi connectivity index (χ1v) is 30.2. The van der Waals surface area contributed by atoms with E-state index < -0.39 is 191 Å². The van der Waals surface area contributed by atoms with Gasteiger partial charge in [0.1, 0.15) is 71.8 Å². The Balaban J connectivity index is 1.32. The minimum absolute atomic E-state index is 0.0618. The molecule has 4 fully saturated rings. The summed E-state index contributed by atoms with van der Waals surface area (Å²) in [4.78, 5) is 198. The molecule has 90 heavy (non-hydrogen) atoms. The number of carbonyl (C=O) groups is 12. The minimum Gasteiger partial charge on any atom is -0.458 e. The number of esters is 2. The zero-order valence-corrected chi connectivity index (χ0v) is 53.6. The topological polar surface area (TPSA) is 380 Å². The molecule has 1 aromatic carbocycles. The van der Waals surface area contributed by atoms with Gasteiger partial charge in [-0.3, -0.25) is 52.7 Å². The number of nitrogens with one attached hydrogen (secondary N) is 4. The lowest BCUT2D eigenvalue weighted by Gasteiger charge is -2.36. The van der Waals surface area contributed by atoms with Crippen LogP contribution in [0.2, 0.25) is 0 Å². The molecular weight excluding hydrogens is 1170 g/mol. The highest BCUT2D eigenvalue weighted by atomic mass is 16.6. The van der Waals surface area contributed by atoms with Gasteiger partial charge in [0.15, 0.2) is 11.3 Å². The Morgan fingerprint density at radius 3 is 1.53 bits per heavy atom. The Hall–Kier alpha value is -8.76. The Labute approximate surface area is 520 Å². The summed E-state index contributed by atoms with van der Waals surface area (Å²) in [5.74, 6) is -12.6. The van der Waals surface area contributed by atoms with Crippen molar-refractivity contribution in [2.24, 2.45) is 17.8 Å². The molecule has 7 N–H and O–H groups in total. The molecule has 0 bridgehead atoms. The second-order valence-electron chi connectivity index (χ2n) is 25.0. The van der Waals surface area contributed by atoms with Crippen molar-refractivity contribution in [2.75, 3.05) is 60.1 Å². The van der Waals surface area contributed by atoms with E-state index in [-0.39, 0.29) is 53.9 Å². The van der Waals surface area contributed by atoms with E-state index in [4.69, 9.17) is 24.6 Å². The molecule has 4 saturated heterocycles. The smallest absolute Gasteiger partial charge is 0.329 e. The number of fused-ring (bicyclic) bond motifs is 4. The second kappa shape index (κ2) is 27.5. The molecule has 5 heterocycles. The molecule has 1 aromatic rings. The molecule has 0 aromatic heterocycles. The Morgan fingerprint density at radius 2 is 1.09 bits per heavy atom. The van der Waals surface area contributed by atoms with Gasteiger partial charge in [-0.1, -0.05) is 47.6 Å². The standard InChI is InChI=1S/C61H84N12O17/c1-26(2)41-58(84)72-22-16-18-35(72)56(82)68(12)24-37(75)71(15)48(28(5)6)61(87)89-33(11)44(54(80)64-41)67-53(79)39-40(62)49(77)30(8)51-46(39)63-45-34(21-20-29(7)50(45)90-51)52(78)66-43-32(10)88-60(86)47(27(3)4)70(14)38(76)25-69(13)57(83)36-19-17-23-73(36)59(85)42(31(9)74)65-55(43)81/h20-21,26-28,31-33,35-36,41-44,47-48,74H,16-19,22-25,62H2,1-15H3,(H,64,80)(H,65,81)(H,66,78)(H,67,79)/t31-,32+,33-,35-,36+,41-,42+,43-,44+,47-,48+/m0/s1. The van der Waals surface area contributed by atoms with Crippen LogP contribution >= 0.6 is 0 Å². The van der Waals surface area contributed by atoms with Gasteiger partial charge in [-0.15, -0.1) is 0 Å². The third kappa shape index (κ3) is 13.7. The summed E-state index contributed by atoms with van der Waals surface area (Å²) < 4.78 is 18.2. The SMILES string of the molecule is Cc1c2oc3c(C)ccc(C(=O)N[C@@H]4C(=O)N[C@H]([C@H](C)O)C(=O)N5CCC[C@@H]5C(=O)N(C)CC(=O)N(C)[C@@H](C(C)C)C(=O)O[C@@H]4C)c3nc-2c(C(=O)N[C@H]2C(=O)N[C@@H](C(C)C)C(=O)N3CCC[C@H]3C(=O)N(C)CC(=O)N(C)[C@H](C(C)C)C(=O)O[C@H]2C)c(N)c1=O. The van der Waals surface area contributed by atoms with E-state index in [1.165, 1.54) is 82.7 Å². The summed E-state index contributed by atoms with van der Waals surface area (Å²) in [6.45, 7) is 15.9. The van der Waals surface area contributed by atoms with Gasteiger partial charge < -0.3 is 75.4 Å². The zero-order valence-electron chi connectivity index (χ0n) is 53.6. The van der Waals surface area contributed by atoms with Crippen molar-refractivity contribution in [2.45, 2.75) is 168 Å². The van der Waals surface area contributed by atoms with Gasteiger partial charge in [0.25, 0.3) is 11.8 Å². The number of nitrogens with two attached hydrogens (primary N) is 1. The van der Waals surface area contributed by atoms with Crippen molar-refractivity contribution in [3.8, 4) is 11.5 Å². The zero-order chi connectivity index (χ0) is 67.0. The highest BCUT2D eigenvalue weighted by molar-refractivity contribution is 6.10. The summed E-state index contributed by atoms with van der Waals surface area (Å²) >= 11 is 0. The van der Waals surface area contributed by atoms with Crippen LogP contribution in [0, 0.1) is 31.6 Å². The molecule has 0 saturated carbocycles. The number of aliphatic hydroxyl groups excluding tert-OH is 1. The fraction of sp³-hybridized carbons (Fsp3) is 0.607. The van der Waals surface area contributed by atoms with Gasteiger partial charge in [0, 0.05) is 46.8 Å². The molecule has 1 aliphatic carbocycles. The molecule has 490 valence electrons.